The smallest absolute Gasteiger partial charge is 0.330 e. The molecular formula is C15H21N3O3. The Kier molecular flexibility index (Phi) is 7.60. The highest BCUT2D eigenvalue weighted by atomic mass is 16.5. The number of carbonyl (C=O) groups is 2. The van der Waals surface area contributed by atoms with E-state index in [0.717, 1.165) is 5.69 Å². The van der Waals surface area contributed by atoms with Crippen molar-refractivity contribution in [3.05, 3.63) is 42.0 Å². The van der Waals surface area contributed by atoms with Crippen LogP contribution in [0.4, 0.5) is 5.69 Å². The first kappa shape index (κ1) is 16.7. The first-order valence-electron chi connectivity index (χ1n) is 6.83. The highest BCUT2D eigenvalue weighted by molar-refractivity contribution is 5.94. The van der Waals surface area contributed by atoms with Crippen molar-refractivity contribution in [2.24, 2.45) is 5.73 Å². The van der Waals surface area contributed by atoms with E-state index in [1.54, 1.807) is 37.3 Å². The molecule has 0 bridgehead atoms. The molecule has 0 radical (unpaired) electrons. The molecule has 0 aliphatic rings. The molecule has 0 atom stereocenters. The van der Waals surface area contributed by atoms with E-state index in [1.165, 1.54) is 6.08 Å². The molecule has 0 spiro atoms. The van der Waals surface area contributed by atoms with E-state index in [-0.39, 0.29) is 11.9 Å². The van der Waals surface area contributed by atoms with Gasteiger partial charge in [-0.3, -0.25) is 4.79 Å². The monoisotopic (exact) mass is 291 g/mol. The topological polar surface area (TPSA) is 93.4 Å². The Morgan fingerprint density at radius 1 is 1.29 bits per heavy atom. The predicted molar refractivity (Wildman–Crippen MR) is 82.1 cm³/mol. The van der Waals surface area contributed by atoms with Gasteiger partial charge in [-0.05, 0) is 31.2 Å². The van der Waals surface area contributed by atoms with Gasteiger partial charge in [-0.2, -0.15) is 0 Å². The Bertz CT molecular complexity index is 483. The SMILES string of the molecule is CCOC(=O)/C=C/CNc1ccc(C(=O)NCCN)cc1. The molecule has 0 aromatic heterocycles. The van der Waals surface area contributed by atoms with Gasteiger partial charge >= 0.3 is 5.97 Å². The van der Waals surface area contributed by atoms with Crippen molar-refractivity contribution >= 4 is 17.6 Å². The van der Waals surface area contributed by atoms with E-state index >= 15 is 0 Å². The largest absolute Gasteiger partial charge is 0.463 e. The number of hydrogen-bond donors (Lipinski definition) is 3. The summed E-state index contributed by atoms with van der Waals surface area (Å²) in [4.78, 5) is 22.7. The molecule has 1 aromatic carbocycles. The van der Waals surface area contributed by atoms with Gasteiger partial charge in [0.25, 0.3) is 5.91 Å². The zero-order valence-electron chi connectivity index (χ0n) is 12.1. The Hall–Kier alpha value is -2.34. The summed E-state index contributed by atoms with van der Waals surface area (Å²) in [6.45, 7) is 3.49. The predicted octanol–water partition coefficient (Wildman–Crippen LogP) is 0.906. The summed E-state index contributed by atoms with van der Waals surface area (Å²) in [5.74, 6) is -0.500. The molecule has 6 nitrogen and oxygen atoms in total. The van der Waals surface area contributed by atoms with Crippen molar-refractivity contribution in [1.82, 2.24) is 5.32 Å². The number of amides is 1. The zero-order chi connectivity index (χ0) is 15.5. The number of ether oxygens (including phenoxy) is 1. The van der Waals surface area contributed by atoms with Crippen LogP contribution in [0.3, 0.4) is 0 Å². The van der Waals surface area contributed by atoms with Gasteiger partial charge in [-0.1, -0.05) is 6.08 Å². The van der Waals surface area contributed by atoms with Gasteiger partial charge < -0.3 is 21.1 Å². The molecule has 1 aromatic rings. The lowest BCUT2D eigenvalue weighted by molar-refractivity contribution is -0.137. The summed E-state index contributed by atoms with van der Waals surface area (Å²) in [7, 11) is 0. The van der Waals surface area contributed by atoms with Gasteiger partial charge in [0.15, 0.2) is 0 Å². The molecule has 0 unspecified atom stereocenters. The van der Waals surface area contributed by atoms with Crippen molar-refractivity contribution in [2.75, 3.05) is 31.6 Å². The summed E-state index contributed by atoms with van der Waals surface area (Å²) in [6, 6.07) is 7.05. The number of nitrogens with one attached hydrogen (secondary N) is 2. The number of benzene rings is 1. The average Bonchev–Trinajstić information content (AvgIpc) is 2.50. The van der Waals surface area contributed by atoms with Gasteiger partial charge in [0.2, 0.25) is 0 Å². The second-order valence-electron chi connectivity index (χ2n) is 4.16. The zero-order valence-corrected chi connectivity index (χ0v) is 12.1. The van der Waals surface area contributed by atoms with E-state index in [2.05, 4.69) is 10.6 Å². The molecular weight excluding hydrogens is 270 g/mol. The van der Waals surface area contributed by atoms with Crippen molar-refractivity contribution in [2.45, 2.75) is 6.92 Å². The Morgan fingerprint density at radius 3 is 2.62 bits per heavy atom. The van der Waals surface area contributed by atoms with Crippen LogP contribution in [0.2, 0.25) is 0 Å². The Balaban J connectivity index is 2.41. The minimum absolute atomic E-state index is 0.144. The highest BCUT2D eigenvalue weighted by Gasteiger charge is 2.03. The van der Waals surface area contributed by atoms with Crippen molar-refractivity contribution in [1.29, 1.82) is 0 Å². The van der Waals surface area contributed by atoms with Gasteiger partial charge in [-0.15, -0.1) is 0 Å². The summed E-state index contributed by atoms with van der Waals surface area (Å²) >= 11 is 0. The first-order chi connectivity index (χ1) is 10.2. The molecule has 0 saturated carbocycles. The van der Waals surface area contributed by atoms with E-state index in [4.69, 9.17) is 10.5 Å². The maximum absolute atomic E-state index is 11.7. The van der Waals surface area contributed by atoms with Crippen LogP contribution >= 0.6 is 0 Å². The fourth-order valence-corrected chi connectivity index (χ4v) is 1.55. The maximum atomic E-state index is 11.7. The van der Waals surface area contributed by atoms with Crippen LogP contribution in [0, 0.1) is 0 Å². The average molecular weight is 291 g/mol. The van der Waals surface area contributed by atoms with Gasteiger partial charge in [0.1, 0.15) is 0 Å². The van der Waals surface area contributed by atoms with Crippen LogP contribution < -0.4 is 16.4 Å². The highest BCUT2D eigenvalue weighted by Crippen LogP contribution is 2.09. The lowest BCUT2D eigenvalue weighted by Gasteiger charge is -2.06. The van der Waals surface area contributed by atoms with Gasteiger partial charge in [0.05, 0.1) is 6.61 Å². The molecule has 21 heavy (non-hydrogen) atoms. The number of esters is 1. The number of anilines is 1. The van der Waals surface area contributed by atoms with Crippen molar-refractivity contribution < 1.29 is 14.3 Å². The summed E-state index contributed by atoms with van der Waals surface area (Å²) < 4.78 is 4.76. The minimum Gasteiger partial charge on any atom is -0.463 e. The second kappa shape index (κ2) is 9.55. The summed E-state index contributed by atoms with van der Waals surface area (Å²) in [5.41, 5.74) is 6.76. The first-order valence-corrected chi connectivity index (χ1v) is 6.83. The molecule has 0 aliphatic heterocycles. The molecule has 6 heteroatoms. The number of hydrogen-bond acceptors (Lipinski definition) is 5. The number of carbonyl (C=O) groups excluding carboxylic acids is 2. The fourth-order valence-electron chi connectivity index (χ4n) is 1.55. The van der Waals surface area contributed by atoms with Crippen LogP contribution in [-0.2, 0) is 9.53 Å². The third kappa shape index (κ3) is 6.58. The Morgan fingerprint density at radius 2 is 2.00 bits per heavy atom. The fraction of sp³-hybridized carbons (Fsp3) is 0.333. The molecule has 0 heterocycles. The molecule has 4 N–H and O–H groups in total. The normalized spacial score (nSPS) is 10.4. The quantitative estimate of drug-likeness (QED) is 0.489. The minimum atomic E-state index is -0.355. The molecule has 0 fully saturated rings. The van der Waals surface area contributed by atoms with Crippen molar-refractivity contribution in [3.8, 4) is 0 Å². The third-order valence-corrected chi connectivity index (χ3v) is 2.54. The van der Waals surface area contributed by atoms with Crippen LogP contribution in [0.5, 0.6) is 0 Å². The molecule has 114 valence electrons. The lowest BCUT2D eigenvalue weighted by atomic mass is 10.2. The Labute approximate surface area is 124 Å². The lowest BCUT2D eigenvalue weighted by Crippen LogP contribution is -2.28. The van der Waals surface area contributed by atoms with E-state index < -0.39 is 0 Å². The summed E-state index contributed by atoms with van der Waals surface area (Å²) in [5, 5.41) is 5.80. The standard InChI is InChI=1S/C15H21N3O3/c1-2-21-14(19)4-3-10-17-13-7-5-12(6-8-13)15(20)18-11-9-16/h3-8,17H,2,9-11,16H2,1H3,(H,18,20)/b4-3+. The van der Waals surface area contributed by atoms with Crippen molar-refractivity contribution in [3.63, 3.8) is 0 Å². The van der Waals surface area contributed by atoms with E-state index in [1.807, 2.05) is 0 Å². The van der Waals surface area contributed by atoms with Crippen LogP contribution in [0.1, 0.15) is 17.3 Å². The van der Waals surface area contributed by atoms with E-state index in [0.29, 0.717) is 31.8 Å². The molecule has 1 amide bonds. The second-order valence-corrected chi connectivity index (χ2v) is 4.16. The number of rotatable bonds is 8. The van der Waals surface area contributed by atoms with Gasteiger partial charge in [-0.25, -0.2) is 4.79 Å². The molecule has 0 aliphatic carbocycles. The third-order valence-electron chi connectivity index (χ3n) is 2.54. The van der Waals surface area contributed by atoms with Crippen LogP contribution in [0.15, 0.2) is 36.4 Å². The van der Waals surface area contributed by atoms with Crippen LogP contribution in [0.25, 0.3) is 0 Å². The molecule has 1 rings (SSSR count). The van der Waals surface area contributed by atoms with Gasteiger partial charge in [0, 0.05) is 37.0 Å². The maximum Gasteiger partial charge on any atom is 0.330 e. The number of nitrogens with two attached hydrogens (primary N) is 1. The molecule has 0 saturated heterocycles. The summed E-state index contributed by atoms with van der Waals surface area (Å²) in [6.07, 6.45) is 3.06. The van der Waals surface area contributed by atoms with E-state index in [9.17, 15) is 9.59 Å². The van der Waals surface area contributed by atoms with Crippen LogP contribution in [-0.4, -0.2) is 38.1 Å².